The third-order valence-electron chi connectivity index (χ3n) is 2.19. The number of hydrogen-bond acceptors (Lipinski definition) is 5. The molecule has 0 unspecified atom stereocenters. The fourth-order valence-corrected chi connectivity index (χ4v) is 1.18. The number of carbonyl (C=O) groups is 1. The lowest BCUT2D eigenvalue weighted by Gasteiger charge is -2.07. The van der Waals surface area contributed by atoms with Gasteiger partial charge in [0.25, 0.3) is 0 Å². The highest BCUT2D eigenvalue weighted by Gasteiger charge is 1.95. The summed E-state index contributed by atoms with van der Waals surface area (Å²) in [6, 6.07) is 0. The van der Waals surface area contributed by atoms with Crippen molar-refractivity contribution in [1.29, 1.82) is 0 Å². The number of amides is 1. The lowest BCUT2D eigenvalue weighted by molar-refractivity contribution is -0.121. The van der Waals surface area contributed by atoms with Crippen LogP contribution in [0, 0.1) is 12.3 Å². The number of rotatable bonds is 14. The molecule has 0 spiro atoms. The first-order valence-electron chi connectivity index (χ1n) is 6.82. The summed E-state index contributed by atoms with van der Waals surface area (Å²) >= 11 is 0. The molecule has 0 heterocycles. The summed E-state index contributed by atoms with van der Waals surface area (Å²) in [5.74, 6) is 2.41. The fourth-order valence-electron chi connectivity index (χ4n) is 1.18. The van der Waals surface area contributed by atoms with Crippen LogP contribution in [0.2, 0.25) is 0 Å². The normalized spacial score (nSPS) is 10.2. The van der Waals surface area contributed by atoms with Crippen molar-refractivity contribution in [1.82, 2.24) is 5.32 Å². The highest BCUT2D eigenvalue weighted by Crippen LogP contribution is 1.82. The maximum absolute atomic E-state index is 10.9. The zero-order valence-corrected chi connectivity index (χ0v) is 12.2. The maximum Gasteiger partial charge on any atom is 0.219 e. The second-order valence-corrected chi connectivity index (χ2v) is 3.80. The van der Waals surface area contributed by atoms with E-state index in [1.54, 1.807) is 0 Å². The monoisotopic (exact) mass is 287 g/mol. The maximum atomic E-state index is 10.9. The van der Waals surface area contributed by atoms with Crippen LogP contribution in [0.25, 0.3) is 0 Å². The summed E-state index contributed by atoms with van der Waals surface area (Å²) in [5, 5.41) is 2.72. The third-order valence-corrected chi connectivity index (χ3v) is 2.19. The lowest BCUT2D eigenvalue weighted by atomic mass is 10.4. The number of ether oxygens (including phenoxy) is 4. The van der Waals surface area contributed by atoms with Gasteiger partial charge in [0.2, 0.25) is 5.91 Å². The molecule has 0 saturated carbocycles. The van der Waals surface area contributed by atoms with Crippen LogP contribution in [0.4, 0.5) is 0 Å². The first kappa shape index (κ1) is 18.9. The van der Waals surface area contributed by atoms with E-state index < -0.39 is 0 Å². The van der Waals surface area contributed by atoms with E-state index in [1.807, 2.05) is 6.92 Å². The van der Waals surface area contributed by atoms with E-state index in [1.165, 1.54) is 0 Å². The van der Waals surface area contributed by atoms with Crippen molar-refractivity contribution in [2.75, 3.05) is 59.4 Å². The standard InChI is InChI=1S/C14H25NO5/c1-3-6-17-8-10-19-12-13-20-11-9-18-7-5-15-14(16)4-2/h1H,4-13H2,2H3,(H,15,16). The van der Waals surface area contributed by atoms with Gasteiger partial charge in [0.05, 0.1) is 46.2 Å². The predicted molar refractivity (Wildman–Crippen MR) is 75.4 cm³/mol. The first-order chi connectivity index (χ1) is 9.81. The SMILES string of the molecule is C#CCOCCOCCOCCOCCNC(=O)CC. The largest absolute Gasteiger partial charge is 0.377 e. The van der Waals surface area contributed by atoms with Crippen molar-refractivity contribution >= 4 is 5.91 Å². The molecule has 0 bridgehead atoms. The van der Waals surface area contributed by atoms with E-state index in [-0.39, 0.29) is 5.91 Å². The Balaban J connectivity index is 2.99. The van der Waals surface area contributed by atoms with E-state index in [4.69, 9.17) is 25.4 Å². The van der Waals surface area contributed by atoms with Crippen molar-refractivity contribution in [2.24, 2.45) is 0 Å². The van der Waals surface area contributed by atoms with Gasteiger partial charge in [-0.1, -0.05) is 12.8 Å². The Kier molecular flexibility index (Phi) is 15.0. The number of hydrogen-bond donors (Lipinski definition) is 1. The van der Waals surface area contributed by atoms with Crippen molar-refractivity contribution in [3.05, 3.63) is 0 Å². The zero-order chi connectivity index (χ0) is 14.9. The molecule has 0 aliphatic carbocycles. The highest BCUT2D eigenvalue weighted by molar-refractivity contribution is 5.75. The van der Waals surface area contributed by atoms with E-state index >= 15 is 0 Å². The summed E-state index contributed by atoms with van der Waals surface area (Å²) in [4.78, 5) is 10.9. The van der Waals surface area contributed by atoms with Crippen molar-refractivity contribution in [2.45, 2.75) is 13.3 Å². The molecule has 0 aromatic heterocycles. The van der Waals surface area contributed by atoms with Gasteiger partial charge < -0.3 is 24.3 Å². The quantitative estimate of drug-likeness (QED) is 0.365. The highest BCUT2D eigenvalue weighted by atomic mass is 16.6. The molecule has 116 valence electrons. The van der Waals surface area contributed by atoms with Gasteiger partial charge in [-0.15, -0.1) is 6.42 Å². The third kappa shape index (κ3) is 14.9. The second-order valence-electron chi connectivity index (χ2n) is 3.80. The van der Waals surface area contributed by atoms with Crippen LogP contribution in [0.15, 0.2) is 0 Å². The van der Waals surface area contributed by atoms with E-state index in [0.29, 0.717) is 65.8 Å². The molecule has 0 aliphatic rings. The Bertz CT molecular complexity index is 265. The molecular weight excluding hydrogens is 262 g/mol. The van der Waals surface area contributed by atoms with Crippen LogP contribution < -0.4 is 5.32 Å². The van der Waals surface area contributed by atoms with Gasteiger partial charge >= 0.3 is 0 Å². The van der Waals surface area contributed by atoms with Crippen LogP contribution in [-0.4, -0.2) is 65.3 Å². The van der Waals surface area contributed by atoms with Gasteiger partial charge in [-0.25, -0.2) is 0 Å². The Labute approximate surface area is 121 Å². The molecule has 0 aliphatic heterocycles. The molecule has 1 N–H and O–H groups in total. The van der Waals surface area contributed by atoms with Crippen LogP contribution in [0.1, 0.15) is 13.3 Å². The molecule has 0 saturated heterocycles. The molecule has 1 amide bonds. The Morgan fingerprint density at radius 3 is 1.95 bits per heavy atom. The second kappa shape index (κ2) is 15.9. The topological polar surface area (TPSA) is 66.0 Å². The Morgan fingerprint density at radius 1 is 0.950 bits per heavy atom. The molecule has 0 atom stereocenters. The Morgan fingerprint density at radius 2 is 1.45 bits per heavy atom. The van der Waals surface area contributed by atoms with Gasteiger partial charge in [-0.3, -0.25) is 4.79 Å². The average Bonchev–Trinajstić information content (AvgIpc) is 2.47. The van der Waals surface area contributed by atoms with E-state index in [9.17, 15) is 4.79 Å². The number of terminal acetylenes is 1. The van der Waals surface area contributed by atoms with Gasteiger partial charge in [-0.2, -0.15) is 0 Å². The van der Waals surface area contributed by atoms with Crippen LogP contribution in [0.3, 0.4) is 0 Å². The summed E-state index contributed by atoms with van der Waals surface area (Å²) in [6.45, 7) is 6.23. The van der Waals surface area contributed by atoms with Gasteiger partial charge in [0.1, 0.15) is 6.61 Å². The summed E-state index contributed by atoms with van der Waals surface area (Å²) < 4.78 is 20.9. The first-order valence-corrected chi connectivity index (χ1v) is 6.82. The minimum absolute atomic E-state index is 0.0354. The molecule has 0 radical (unpaired) electrons. The molecule has 6 heteroatoms. The van der Waals surface area contributed by atoms with Crippen molar-refractivity contribution in [3.63, 3.8) is 0 Å². The fraction of sp³-hybridized carbons (Fsp3) is 0.786. The number of nitrogens with one attached hydrogen (secondary N) is 1. The lowest BCUT2D eigenvalue weighted by Crippen LogP contribution is -2.26. The molecule has 0 aromatic rings. The van der Waals surface area contributed by atoms with Gasteiger partial charge in [-0.05, 0) is 0 Å². The predicted octanol–water partition coefficient (Wildman–Crippen LogP) is 0.212. The van der Waals surface area contributed by atoms with E-state index in [2.05, 4.69) is 11.2 Å². The average molecular weight is 287 g/mol. The molecule has 0 rings (SSSR count). The summed E-state index contributed by atoms with van der Waals surface area (Å²) in [5.41, 5.74) is 0. The van der Waals surface area contributed by atoms with Crippen molar-refractivity contribution in [3.8, 4) is 12.3 Å². The molecule has 0 aromatic carbocycles. The van der Waals surface area contributed by atoms with Gasteiger partial charge in [0.15, 0.2) is 0 Å². The zero-order valence-electron chi connectivity index (χ0n) is 12.2. The van der Waals surface area contributed by atoms with Crippen LogP contribution in [-0.2, 0) is 23.7 Å². The van der Waals surface area contributed by atoms with Crippen LogP contribution >= 0.6 is 0 Å². The molecule has 6 nitrogen and oxygen atoms in total. The van der Waals surface area contributed by atoms with Gasteiger partial charge in [0, 0.05) is 13.0 Å². The minimum Gasteiger partial charge on any atom is -0.377 e. The molecule has 20 heavy (non-hydrogen) atoms. The Hall–Kier alpha value is -1.13. The number of carbonyl (C=O) groups excluding carboxylic acids is 1. The van der Waals surface area contributed by atoms with Crippen LogP contribution in [0.5, 0.6) is 0 Å². The molecular formula is C14H25NO5. The summed E-state index contributed by atoms with van der Waals surface area (Å²) in [7, 11) is 0. The smallest absolute Gasteiger partial charge is 0.219 e. The van der Waals surface area contributed by atoms with E-state index in [0.717, 1.165) is 0 Å². The van der Waals surface area contributed by atoms with Crippen molar-refractivity contribution < 1.29 is 23.7 Å². The summed E-state index contributed by atoms with van der Waals surface area (Å²) in [6.07, 6.45) is 5.52. The molecule has 0 fully saturated rings. The minimum atomic E-state index is 0.0354.